The van der Waals surface area contributed by atoms with E-state index in [1.165, 1.54) is 5.56 Å². The maximum Gasteiger partial charge on any atom is 0.257 e. The summed E-state index contributed by atoms with van der Waals surface area (Å²) in [6.45, 7) is 0.642. The maximum absolute atomic E-state index is 11.9. The Morgan fingerprint density at radius 2 is 2.04 bits per heavy atom. The van der Waals surface area contributed by atoms with Crippen LogP contribution in [-0.4, -0.2) is 37.9 Å². The average molecular weight is 349 g/mol. The molecule has 1 heterocycles. The number of rotatable bonds is 10. The number of benzene rings is 1. The van der Waals surface area contributed by atoms with Gasteiger partial charge >= 0.3 is 0 Å². The maximum atomic E-state index is 11.9. The van der Waals surface area contributed by atoms with Crippen LogP contribution in [0.25, 0.3) is 0 Å². The van der Waals surface area contributed by atoms with E-state index in [1.807, 2.05) is 17.5 Å². The third-order valence-corrected chi connectivity index (χ3v) is 4.44. The second-order valence-corrected chi connectivity index (χ2v) is 6.12. The third kappa shape index (κ3) is 5.54. The number of aliphatic hydroxyl groups excluding tert-OH is 1. The zero-order chi connectivity index (χ0) is 17.2. The Labute approximate surface area is 146 Å². The summed E-state index contributed by atoms with van der Waals surface area (Å²) < 4.78 is 10.7. The molecular formula is C18H23NO4S. The van der Waals surface area contributed by atoms with Crippen molar-refractivity contribution in [2.75, 3.05) is 26.9 Å². The predicted molar refractivity (Wildman–Crippen MR) is 94.9 cm³/mol. The van der Waals surface area contributed by atoms with Gasteiger partial charge in [0.1, 0.15) is 0 Å². The van der Waals surface area contributed by atoms with Crippen LogP contribution in [-0.2, 0) is 4.79 Å². The van der Waals surface area contributed by atoms with Crippen molar-refractivity contribution in [2.24, 2.45) is 0 Å². The number of nitrogens with one attached hydrogen (secondary N) is 1. The molecular weight excluding hydrogens is 326 g/mol. The van der Waals surface area contributed by atoms with Crippen LogP contribution in [0.15, 0.2) is 41.1 Å². The van der Waals surface area contributed by atoms with E-state index in [4.69, 9.17) is 9.47 Å². The first-order valence-electron chi connectivity index (χ1n) is 7.90. The van der Waals surface area contributed by atoms with Crippen molar-refractivity contribution in [3.63, 3.8) is 0 Å². The van der Waals surface area contributed by atoms with Gasteiger partial charge in [-0.2, -0.15) is 11.3 Å². The molecule has 6 heteroatoms. The van der Waals surface area contributed by atoms with Gasteiger partial charge in [0, 0.05) is 13.2 Å². The molecule has 2 rings (SSSR count). The summed E-state index contributed by atoms with van der Waals surface area (Å²) in [7, 11) is 1.56. The SMILES string of the molecule is COc1ccccc1OCC(=O)NCCC(CCO)c1ccsc1. The van der Waals surface area contributed by atoms with Crippen LogP contribution in [0.2, 0.25) is 0 Å². The van der Waals surface area contributed by atoms with Gasteiger partial charge in [0.05, 0.1) is 7.11 Å². The van der Waals surface area contributed by atoms with Crippen LogP contribution < -0.4 is 14.8 Å². The number of carbonyl (C=O) groups is 1. The smallest absolute Gasteiger partial charge is 0.257 e. The fraction of sp³-hybridized carbons (Fsp3) is 0.389. The lowest BCUT2D eigenvalue weighted by atomic mass is 9.95. The molecule has 0 aliphatic carbocycles. The van der Waals surface area contributed by atoms with Gasteiger partial charge in [0.2, 0.25) is 0 Å². The number of para-hydroxylation sites is 2. The fourth-order valence-corrected chi connectivity index (χ4v) is 3.20. The molecule has 0 aliphatic heterocycles. The van der Waals surface area contributed by atoms with Gasteiger partial charge in [0.25, 0.3) is 5.91 Å². The van der Waals surface area contributed by atoms with Crippen LogP contribution in [0.4, 0.5) is 0 Å². The van der Waals surface area contributed by atoms with Crippen LogP contribution in [0.3, 0.4) is 0 Å². The largest absolute Gasteiger partial charge is 0.493 e. The Kier molecular flexibility index (Phi) is 7.58. The summed E-state index contributed by atoms with van der Waals surface area (Å²) in [4.78, 5) is 11.9. The number of ether oxygens (including phenoxy) is 2. The lowest BCUT2D eigenvalue weighted by molar-refractivity contribution is -0.123. The molecule has 0 aliphatic rings. The van der Waals surface area contributed by atoms with Gasteiger partial charge < -0.3 is 19.9 Å². The number of hydrogen-bond acceptors (Lipinski definition) is 5. The topological polar surface area (TPSA) is 67.8 Å². The summed E-state index contributed by atoms with van der Waals surface area (Å²) in [5.74, 6) is 1.24. The van der Waals surface area contributed by atoms with E-state index in [-0.39, 0.29) is 25.0 Å². The summed E-state index contributed by atoms with van der Waals surface area (Å²) in [5, 5.41) is 16.2. The number of thiophene rings is 1. The highest BCUT2D eigenvalue weighted by Crippen LogP contribution is 2.26. The first kappa shape index (κ1) is 18.3. The summed E-state index contributed by atoms with van der Waals surface area (Å²) in [5.41, 5.74) is 1.22. The van der Waals surface area contributed by atoms with Crippen molar-refractivity contribution in [2.45, 2.75) is 18.8 Å². The lowest BCUT2D eigenvalue weighted by Gasteiger charge is -2.15. The van der Waals surface area contributed by atoms with Gasteiger partial charge in [-0.15, -0.1) is 0 Å². The van der Waals surface area contributed by atoms with Crippen molar-refractivity contribution in [3.05, 3.63) is 46.7 Å². The Bertz CT molecular complexity index is 615. The normalized spacial score (nSPS) is 11.8. The van der Waals surface area contributed by atoms with E-state index >= 15 is 0 Å². The van der Waals surface area contributed by atoms with E-state index < -0.39 is 0 Å². The van der Waals surface area contributed by atoms with Gasteiger partial charge in [-0.25, -0.2) is 0 Å². The van der Waals surface area contributed by atoms with Crippen molar-refractivity contribution in [1.82, 2.24) is 5.32 Å². The van der Waals surface area contributed by atoms with Gasteiger partial charge in [-0.3, -0.25) is 4.79 Å². The number of hydrogen-bond donors (Lipinski definition) is 2. The van der Waals surface area contributed by atoms with Gasteiger partial charge in [-0.1, -0.05) is 12.1 Å². The van der Waals surface area contributed by atoms with E-state index in [2.05, 4.69) is 16.8 Å². The average Bonchev–Trinajstić information content (AvgIpc) is 3.14. The standard InChI is InChI=1S/C18H23NO4S/c1-22-16-4-2-3-5-17(16)23-12-18(21)19-9-6-14(7-10-20)15-8-11-24-13-15/h2-5,8,11,13-14,20H,6-7,9-10,12H2,1H3,(H,19,21). The quantitative estimate of drug-likeness (QED) is 0.692. The number of amides is 1. The van der Waals surface area contributed by atoms with Crippen molar-refractivity contribution in [3.8, 4) is 11.5 Å². The molecule has 24 heavy (non-hydrogen) atoms. The van der Waals surface area contributed by atoms with Crippen LogP contribution in [0.5, 0.6) is 11.5 Å². The summed E-state index contributed by atoms with van der Waals surface area (Å²) in [6, 6.07) is 9.29. The molecule has 130 valence electrons. The van der Waals surface area contributed by atoms with E-state index in [0.717, 1.165) is 6.42 Å². The lowest BCUT2D eigenvalue weighted by Crippen LogP contribution is -2.30. The number of aliphatic hydroxyl groups is 1. The molecule has 0 radical (unpaired) electrons. The third-order valence-electron chi connectivity index (χ3n) is 3.73. The fourth-order valence-electron chi connectivity index (χ4n) is 2.46. The molecule has 2 aromatic rings. The molecule has 0 bridgehead atoms. The molecule has 5 nitrogen and oxygen atoms in total. The molecule has 1 aromatic heterocycles. The van der Waals surface area contributed by atoms with Crippen LogP contribution in [0.1, 0.15) is 24.3 Å². The molecule has 1 unspecified atom stereocenters. The molecule has 2 N–H and O–H groups in total. The van der Waals surface area contributed by atoms with Crippen molar-refractivity contribution in [1.29, 1.82) is 0 Å². The summed E-state index contributed by atoms with van der Waals surface area (Å²) in [6.07, 6.45) is 1.49. The molecule has 0 saturated heterocycles. The minimum atomic E-state index is -0.172. The molecule has 1 aromatic carbocycles. The second-order valence-electron chi connectivity index (χ2n) is 5.34. The van der Waals surface area contributed by atoms with E-state index in [9.17, 15) is 9.90 Å². The Morgan fingerprint density at radius 3 is 2.71 bits per heavy atom. The van der Waals surface area contributed by atoms with Gasteiger partial charge in [-0.05, 0) is 53.3 Å². The Morgan fingerprint density at radius 1 is 1.25 bits per heavy atom. The molecule has 1 amide bonds. The van der Waals surface area contributed by atoms with Crippen LogP contribution >= 0.6 is 11.3 Å². The molecule has 0 spiro atoms. The highest BCUT2D eigenvalue weighted by atomic mass is 32.1. The zero-order valence-corrected chi connectivity index (χ0v) is 14.6. The monoisotopic (exact) mass is 349 g/mol. The number of carbonyl (C=O) groups excluding carboxylic acids is 1. The van der Waals surface area contributed by atoms with E-state index in [0.29, 0.717) is 24.5 Å². The van der Waals surface area contributed by atoms with Crippen molar-refractivity contribution >= 4 is 17.2 Å². The van der Waals surface area contributed by atoms with Crippen LogP contribution in [0, 0.1) is 0 Å². The Hall–Kier alpha value is -2.05. The first-order chi connectivity index (χ1) is 11.7. The Balaban J connectivity index is 1.74. The highest BCUT2D eigenvalue weighted by molar-refractivity contribution is 7.07. The number of methoxy groups -OCH3 is 1. The minimum absolute atomic E-state index is 0.0521. The minimum Gasteiger partial charge on any atom is -0.493 e. The summed E-state index contributed by atoms with van der Waals surface area (Å²) >= 11 is 1.64. The van der Waals surface area contributed by atoms with Gasteiger partial charge in [0.15, 0.2) is 18.1 Å². The second kappa shape index (κ2) is 9.95. The predicted octanol–water partition coefficient (Wildman–Crippen LogP) is 2.81. The zero-order valence-electron chi connectivity index (χ0n) is 13.7. The molecule has 0 fully saturated rings. The van der Waals surface area contributed by atoms with E-state index in [1.54, 1.807) is 30.6 Å². The first-order valence-corrected chi connectivity index (χ1v) is 8.84. The highest BCUT2D eigenvalue weighted by Gasteiger charge is 2.12. The molecule has 0 saturated carbocycles. The van der Waals surface area contributed by atoms with Crippen molar-refractivity contribution < 1.29 is 19.4 Å². The molecule has 1 atom stereocenters.